The predicted molar refractivity (Wildman–Crippen MR) is 131 cm³/mol. The first-order chi connectivity index (χ1) is 16.3. The molecule has 0 bridgehead atoms. The number of hydrogen-bond donors (Lipinski definition) is 9. The lowest BCUT2D eigenvalue weighted by Crippen LogP contribution is -2.59. The summed E-state index contributed by atoms with van der Waals surface area (Å²) in [5, 5.41) is 26.5. The van der Waals surface area contributed by atoms with Crippen molar-refractivity contribution in [3.8, 4) is 0 Å². The van der Waals surface area contributed by atoms with Crippen molar-refractivity contribution in [1.82, 2.24) is 16.0 Å². The van der Waals surface area contributed by atoms with E-state index >= 15 is 0 Å². The van der Waals surface area contributed by atoms with Crippen molar-refractivity contribution < 1.29 is 29.4 Å². The van der Waals surface area contributed by atoms with Crippen LogP contribution in [0, 0.1) is 5.92 Å². The van der Waals surface area contributed by atoms with E-state index in [1.165, 1.54) is 6.92 Å². The van der Waals surface area contributed by atoms with Gasteiger partial charge in [-0.1, -0.05) is 13.8 Å². The Hall–Kier alpha value is -2.97. The first-order valence-electron chi connectivity index (χ1n) is 11.6. The zero-order valence-corrected chi connectivity index (χ0v) is 20.7. The Morgan fingerprint density at radius 2 is 1.43 bits per heavy atom. The second-order valence-electron chi connectivity index (χ2n) is 8.69. The van der Waals surface area contributed by atoms with Crippen molar-refractivity contribution in [3.63, 3.8) is 0 Å². The Bertz CT molecular complexity index is 727. The topological polar surface area (TPSA) is 261 Å². The molecule has 14 heteroatoms. The number of unbranched alkanes of at least 4 members (excludes halogenated alkanes) is 1. The van der Waals surface area contributed by atoms with E-state index in [2.05, 4.69) is 20.9 Å². The van der Waals surface area contributed by atoms with E-state index in [1.54, 1.807) is 13.8 Å². The Kier molecular flexibility index (Phi) is 15.2. The summed E-state index contributed by atoms with van der Waals surface area (Å²) in [6, 6.07) is -4.57. The average molecular weight is 503 g/mol. The summed E-state index contributed by atoms with van der Waals surface area (Å²) in [6.45, 7) is 5.31. The Balaban J connectivity index is 5.47. The van der Waals surface area contributed by atoms with Crippen LogP contribution in [0.3, 0.4) is 0 Å². The molecule has 14 nitrogen and oxygen atoms in total. The Morgan fingerprint density at radius 3 is 1.91 bits per heavy atom. The molecule has 0 fully saturated rings. The number of carbonyl (C=O) groups excluding carboxylic acids is 3. The van der Waals surface area contributed by atoms with Gasteiger partial charge in [0, 0.05) is 6.54 Å². The van der Waals surface area contributed by atoms with Crippen LogP contribution in [0.4, 0.5) is 0 Å². The van der Waals surface area contributed by atoms with E-state index in [4.69, 9.17) is 22.9 Å². The molecule has 0 aromatic rings. The summed E-state index contributed by atoms with van der Waals surface area (Å²) in [4.78, 5) is 53.6. The third-order valence-electron chi connectivity index (χ3n) is 5.21. The molecular weight excluding hydrogens is 460 g/mol. The van der Waals surface area contributed by atoms with E-state index in [1.807, 2.05) is 0 Å². The number of carboxylic acid groups (broad SMARTS) is 1. The maximum absolute atomic E-state index is 13.0. The van der Waals surface area contributed by atoms with E-state index in [-0.39, 0.29) is 25.3 Å². The van der Waals surface area contributed by atoms with Crippen molar-refractivity contribution in [2.45, 2.75) is 83.1 Å². The number of nitrogens with two attached hydrogens (primary N) is 4. The van der Waals surface area contributed by atoms with Gasteiger partial charge in [0.05, 0.1) is 6.10 Å². The molecule has 0 aliphatic rings. The van der Waals surface area contributed by atoms with Crippen molar-refractivity contribution in [1.29, 1.82) is 0 Å². The fourth-order valence-corrected chi connectivity index (χ4v) is 3.06. The van der Waals surface area contributed by atoms with E-state index in [0.717, 1.165) is 0 Å². The quantitative estimate of drug-likeness (QED) is 0.0555. The third-order valence-corrected chi connectivity index (χ3v) is 5.21. The normalized spacial score (nSPS) is 15.3. The number of guanidine groups is 1. The van der Waals surface area contributed by atoms with Gasteiger partial charge in [-0.2, -0.15) is 0 Å². The van der Waals surface area contributed by atoms with Gasteiger partial charge in [0.1, 0.15) is 24.2 Å². The number of aliphatic carboxylic acids is 1. The second-order valence-corrected chi connectivity index (χ2v) is 8.69. The Labute approximate surface area is 205 Å². The Morgan fingerprint density at radius 1 is 0.857 bits per heavy atom. The predicted octanol–water partition coefficient (Wildman–Crippen LogP) is -2.93. The van der Waals surface area contributed by atoms with Crippen LogP contribution in [0.15, 0.2) is 4.99 Å². The fourth-order valence-electron chi connectivity index (χ4n) is 3.06. The highest BCUT2D eigenvalue weighted by atomic mass is 16.4. The van der Waals surface area contributed by atoms with Gasteiger partial charge in [-0.3, -0.25) is 19.4 Å². The number of hydrogen-bond acceptors (Lipinski definition) is 8. The van der Waals surface area contributed by atoms with Gasteiger partial charge < -0.3 is 49.1 Å². The molecule has 0 saturated heterocycles. The zero-order valence-electron chi connectivity index (χ0n) is 20.7. The van der Waals surface area contributed by atoms with Crippen LogP contribution in [0.2, 0.25) is 0 Å². The monoisotopic (exact) mass is 502 g/mol. The SMILES string of the molecule is CC(C)C(NC(=O)C(CCCN=C(N)N)NC(=O)C(N)C(C)O)C(=O)NC(CCCCN)C(=O)O. The zero-order chi connectivity index (χ0) is 27.1. The molecule has 0 aromatic heterocycles. The summed E-state index contributed by atoms with van der Waals surface area (Å²) in [5.74, 6) is -3.80. The maximum atomic E-state index is 13.0. The molecule has 0 aliphatic carbocycles. The second kappa shape index (κ2) is 16.6. The van der Waals surface area contributed by atoms with Crippen LogP contribution in [-0.2, 0) is 19.2 Å². The highest BCUT2D eigenvalue weighted by Gasteiger charge is 2.32. The molecule has 0 rings (SSSR count). The molecule has 35 heavy (non-hydrogen) atoms. The van der Waals surface area contributed by atoms with Crippen molar-refractivity contribution >= 4 is 29.7 Å². The molecule has 0 saturated carbocycles. The molecular formula is C21H42N8O6. The van der Waals surface area contributed by atoms with Gasteiger partial charge in [0.15, 0.2) is 5.96 Å². The summed E-state index contributed by atoms with van der Waals surface area (Å²) in [6.07, 6.45) is 0.601. The van der Waals surface area contributed by atoms with E-state index < -0.39 is 59.9 Å². The number of nitrogens with one attached hydrogen (secondary N) is 3. The number of nitrogens with zero attached hydrogens (tertiary/aromatic N) is 1. The van der Waals surface area contributed by atoms with Crippen molar-refractivity contribution in [2.24, 2.45) is 33.8 Å². The largest absolute Gasteiger partial charge is 0.480 e. The van der Waals surface area contributed by atoms with Gasteiger partial charge in [-0.15, -0.1) is 0 Å². The lowest BCUT2D eigenvalue weighted by Gasteiger charge is -2.27. The highest BCUT2D eigenvalue weighted by molar-refractivity contribution is 5.94. The van der Waals surface area contributed by atoms with Gasteiger partial charge in [0.25, 0.3) is 0 Å². The molecule has 3 amide bonds. The maximum Gasteiger partial charge on any atom is 0.326 e. The van der Waals surface area contributed by atoms with Crippen LogP contribution in [0.25, 0.3) is 0 Å². The number of aliphatic hydroxyl groups excluding tert-OH is 1. The standard InChI is InChI=1S/C21H42N8O6/c1-11(2)16(19(33)28-14(20(34)35)7-4-5-9-22)29-17(31)13(8-6-10-26-21(24)25)27-18(32)15(23)12(3)30/h11-16,30H,4-10,22-23H2,1-3H3,(H,27,32)(H,28,33)(H,29,31)(H,34,35)(H4,24,25,26). The van der Waals surface area contributed by atoms with Gasteiger partial charge >= 0.3 is 5.97 Å². The van der Waals surface area contributed by atoms with E-state index in [0.29, 0.717) is 25.8 Å². The van der Waals surface area contributed by atoms with Gasteiger partial charge in [0.2, 0.25) is 17.7 Å². The lowest BCUT2D eigenvalue weighted by atomic mass is 10.0. The smallest absolute Gasteiger partial charge is 0.326 e. The summed E-state index contributed by atoms with van der Waals surface area (Å²) in [7, 11) is 0. The van der Waals surface area contributed by atoms with Gasteiger partial charge in [-0.05, 0) is 51.5 Å². The summed E-state index contributed by atoms with van der Waals surface area (Å²) < 4.78 is 0. The summed E-state index contributed by atoms with van der Waals surface area (Å²) >= 11 is 0. The number of carbonyl (C=O) groups is 4. The molecule has 5 atom stereocenters. The molecule has 0 aromatic carbocycles. The van der Waals surface area contributed by atoms with E-state index in [9.17, 15) is 29.4 Å². The molecule has 0 radical (unpaired) electrons. The number of amides is 3. The number of aliphatic hydroxyl groups is 1. The number of rotatable bonds is 17. The molecule has 202 valence electrons. The molecule has 0 heterocycles. The molecule has 0 spiro atoms. The van der Waals surface area contributed by atoms with Crippen molar-refractivity contribution in [3.05, 3.63) is 0 Å². The van der Waals surface area contributed by atoms with Crippen LogP contribution in [0.5, 0.6) is 0 Å². The third kappa shape index (κ3) is 12.9. The van der Waals surface area contributed by atoms with Crippen LogP contribution >= 0.6 is 0 Å². The minimum absolute atomic E-state index is 0.115. The first kappa shape index (κ1) is 32.0. The van der Waals surface area contributed by atoms with Crippen LogP contribution in [-0.4, -0.2) is 83.2 Å². The molecule has 0 aliphatic heterocycles. The average Bonchev–Trinajstić information content (AvgIpc) is 2.77. The molecule has 13 N–H and O–H groups in total. The van der Waals surface area contributed by atoms with Crippen molar-refractivity contribution in [2.75, 3.05) is 13.1 Å². The van der Waals surface area contributed by atoms with Gasteiger partial charge in [-0.25, -0.2) is 4.79 Å². The highest BCUT2D eigenvalue weighted by Crippen LogP contribution is 2.08. The number of aliphatic imine (C=N–C) groups is 1. The minimum Gasteiger partial charge on any atom is -0.480 e. The lowest BCUT2D eigenvalue weighted by molar-refractivity contribution is -0.143. The first-order valence-corrected chi connectivity index (χ1v) is 11.6. The summed E-state index contributed by atoms with van der Waals surface area (Å²) in [5.41, 5.74) is 21.7. The minimum atomic E-state index is -1.27. The van der Waals surface area contributed by atoms with Crippen LogP contribution < -0.4 is 38.9 Å². The number of carboxylic acids is 1. The van der Waals surface area contributed by atoms with Crippen LogP contribution in [0.1, 0.15) is 52.9 Å². The fraction of sp³-hybridized carbons (Fsp3) is 0.762. The molecule has 5 unspecified atom stereocenters.